The van der Waals surface area contributed by atoms with Gasteiger partial charge in [0.2, 0.25) is 5.82 Å². The van der Waals surface area contributed by atoms with Crippen LogP contribution in [0.5, 0.6) is 23.0 Å². The van der Waals surface area contributed by atoms with Gasteiger partial charge >= 0.3 is 0 Å². The van der Waals surface area contributed by atoms with Crippen LogP contribution in [0, 0.1) is 29.1 Å². The monoisotopic (exact) mass is 1140 g/mol. The Balaban J connectivity index is 0.000000223. The second-order valence-corrected chi connectivity index (χ2v) is 28.2. The molecular weight excluding hydrogens is 1060 g/mol. The van der Waals surface area contributed by atoms with E-state index in [9.17, 15) is 37.3 Å². The van der Waals surface area contributed by atoms with Crippen molar-refractivity contribution in [2.45, 2.75) is 190 Å². The molecule has 10 rings (SSSR count). The summed E-state index contributed by atoms with van der Waals surface area (Å²) in [5.74, 6) is -8.08. The van der Waals surface area contributed by atoms with Gasteiger partial charge < -0.3 is 20.1 Å². The van der Waals surface area contributed by atoms with Gasteiger partial charge in [-0.1, -0.05) is 214 Å². The molecule has 4 nitrogen and oxygen atoms in total. The lowest BCUT2D eigenvalue weighted by atomic mass is 9.79. The molecule has 0 saturated heterocycles. The van der Waals surface area contributed by atoms with Crippen LogP contribution in [0.25, 0.3) is 32.3 Å². The van der Waals surface area contributed by atoms with Crippen LogP contribution in [0.2, 0.25) is 0 Å². The van der Waals surface area contributed by atoms with Gasteiger partial charge in [-0.25, -0.2) is 22.0 Å². The third-order valence-electron chi connectivity index (χ3n) is 16.4. The summed E-state index contributed by atoms with van der Waals surface area (Å²) in [4.78, 5) is 0. The highest BCUT2D eigenvalue weighted by molar-refractivity contribution is 6.23. The molecule has 0 atom stereocenters. The fourth-order valence-corrected chi connectivity index (χ4v) is 11.4. The van der Waals surface area contributed by atoms with Crippen molar-refractivity contribution in [2.75, 3.05) is 0 Å². The number of rotatable bonds is 4. The van der Waals surface area contributed by atoms with Gasteiger partial charge in [0.1, 0.15) is 23.0 Å². The highest BCUT2D eigenvalue weighted by Crippen LogP contribution is 2.45. The summed E-state index contributed by atoms with van der Waals surface area (Å²) < 4.78 is 70.3. The molecule has 0 radical (unpaired) electrons. The Morgan fingerprint density at radius 3 is 0.988 bits per heavy atom. The Hall–Kier alpha value is -7.13. The summed E-state index contributed by atoms with van der Waals surface area (Å²) in [6.45, 7) is 37.8. The second-order valence-electron chi connectivity index (χ2n) is 28.2. The minimum atomic E-state index is -2.12. The zero-order chi connectivity index (χ0) is 62.0. The van der Waals surface area contributed by atoms with E-state index >= 15 is 0 Å². The van der Waals surface area contributed by atoms with Gasteiger partial charge in [0.05, 0.1) is 6.10 Å². The highest BCUT2D eigenvalue weighted by Gasteiger charge is 2.30. The van der Waals surface area contributed by atoms with Gasteiger partial charge in [0.15, 0.2) is 23.3 Å². The number of hydrogen-bond acceptors (Lipinski definition) is 4. The Bertz CT molecular complexity index is 3770. The van der Waals surface area contributed by atoms with Crippen LogP contribution in [0.15, 0.2) is 103 Å². The van der Waals surface area contributed by atoms with E-state index in [1.807, 2.05) is 0 Å². The quantitative estimate of drug-likeness (QED) is 0.0711. The topological polar surface area (TPSA) is 69.9 Å². The molecule has 1 aliphatic rings. The second kappa shape index (κ2) is 23.4. The molecular formula is C75H85F5O4. The average molecular weight is 1150 g/mol. The molecule has 84 heavy (non-hydrogen) atoms. The molecule has 3 N–H and O–H groups in total. The maximum absolute atomic E-state index is 12.9. The average Bonchev–Trinajstić information content (AvgIpc) is 1.58. The van der Waals surface area contributed by atoms with E-state index in [0.29, 0.717) is 31.6 Å². The fraction of sp³-hybridized carbons (Fsp3) is 0.387. The van der Waals surface area contributed by atoms with Crippen LogP contribution in [-0.4, -0.2) is 21.4 Å². The van der Waals surface area contributed by atoms with E-state index in [1.165, 1.54) is 57.3 Å². The Morgan fingerprint density at radius 2 is 0.667 bits per heavy atom. The van der Waals surface area contributed by atoms with Gasteiger partial charge in [0, 0.05) is 31.2 Å². The number of fused-ring (bicyclic) bond motifs is 8. The van der Waals surface area contributed by atoms with Crippen LogP contribution < -0.4 is 4.74 Å². The number of hydrogen-bond donors (Lipinski definition) is 3. The number of ether oxygens (including phenoxy) is 1. The minimum absolute atomic E-state index is 0.0752. The van der Waals surface area contributed by atoms with Gasteiger partial charge in [-0.15, -0.1) is 0 Å². The molecule has 1 aliphatic carbocycles. The molecule has 444 valence electrons. The van der Waals surface area contributed by atoms with Crippen LogP contribution in [0.1, 0.15) is 214 Å². The third kappa shape index (κ3) is 12.9. The Kier molecular flexibility index (Phi) is 17.5. The van der Waals surface area contributed by atoms with Gasteiger partial charge in [-0.05, 0) is 152 Å². The van der Waals surface area contributed by atoms with Crippen LogP contribution in [-0.2, 0) is 47.3 Å². The molecule has 9 aromatic rings. The molecule has 0 aromatic heterocycles. The molecule has 0 fully saturated rings. The van der Waals surface area contributed by atoms with Crippen LogP contribution in [0.3, 0.4) is 0 Å². The predicted molar refractivity (Wildman–Crippen MR) is 337 cm³/mol. The first-order valence-corrected chi connectivity index (χ1v) is 29.5. The molecule has 0 saturated carbocycles. The summed E-state index contributed by atoms with van der Waals surface area (Å²) in [5, 5.41) is 44.6. The van der Waals surface area contributed by atoms with Crippen molar-refractivity contribution < 1.29 is 42.0 Å². The van der Waals surface area contributed by atoms with Crippen molar-refractivity contribution in [1.29, 1.82) is 0 Å². The van der Waals surface area contributed by atoms with E-state index in [2.05, 4.69) is 214 Å². The van der Waals surface area contributed by atoms with E-state index in [1.54, 1.807) is 0 Å². The number of phenols is 3. The predicted octanol–water partition coefficient (Wildman–Crippen LogP) is 20.7. The standard InChI is InChI=1S/C47H62O4.C19H16.C9H7F5/c1-27(2)51-43-34-17-32-23-37(45(6,7)8)21-30(41(32)49)15-28-19-36(44(3,4)5)20-29(40(28)48)16-31-22-38(46(9,10)11)24-33(42(31)50)18-35(43)26-39(25-34)47(12,13)14;1-12(2)16-10-8-15-7-6-13-4-3-5-14-9-11-17(16)19(15)18(13)14;1-3(2)4-5(10)7(12)9(14)8(13)6(4)11/h19-27,48-50H,15-18H2,1-14H3;3-12H,1-2H3;3H,1-2H3. The zero-order valence-electron chi connectivity index (χ0n) is 52.5. The molecule has 8 bridgehead atoms. The lowest BCUT2D eigenvalue weighted by Crippen LogP contribution is -2.17. The molecule has 9 aromatic carbocycles. The highest BCUT2D eigenvalue weighted by atomic mass is 19.2. The lowest BCUT2D eigenvalue weighted by Gasteiger charge is -2.28. The number of aromatic hydroxyl groups is 3. The van der Waals surface area contributed by atoms with Gasteiger partial charge in [0.25, 0.3) is 0 Å². The molecule has 0 unspecified atom stereocenters. The molecule has 0 amide bonds. The molecule has 0 spiro atoms. The largest absolute Gasteiger partial charge is 0.507 e. The maximum atomic E-state index is 12.9. The Morgan fingerprint density at radius 1 is 0.369 bits per heavy atom. The number of phenolic OH excluding ortho intramolecular Hbond substituents is 3. The van der Waals surface area contributed by atoms with Crippen LogP contribution >= 0.6 is 0 Å². The first kappa shape index (κ1) is 62.9. The minimum Gasteiger partial charge on any atom is -0.507 e. The van der Waals surface area contributed by atoms with Gasteiger partial charge in [-0.2, -0.15) is 0 Å². The first-order valence-electron chi connectivity index (χ1n) is 29.5. The summed E-state index contributed by atoms with van der Waals surface area (Å²) in [6.07, 6.45) is 1.61. The van der Waals surface area contributed by atoms with Crippen LogP contribution in [0.4, 0.5) is 22.0 Å². The van der Waals surface area contributed by atoms with Crippen molar-refractivity contribution in [3.05, 3.63) is 210 Å². The maximum Gasteiger partial charge on any atom is 0.200 e. The van der Waals surface area contributed by atoms with Crippen molar-refractivity contribution in [2.24, 2.45) is 0 Å². The smallest absolute Gasteiger partial charge is 0.200 e. The Labute approximate surface area is 495 Å². The first-order chi connectivity index (χ1) is 39.0. The molecule has 0 aliphatic heterocycles. The summed E-state index contributed by atoms with van der Waals surface area (Å²) >= 11 is 0. The van der Waals surface area contributed by atoms with E-state index in [-0.39, 0.29) is 45.0 Å². The third-order valence-corrected chi connectivity index (χ3v) is 16.4. The molecule has 0 heterocycles. The zero-order valence-corrected chi connectivity index (χ0v) is 52.5. The lowest BCUT2D eigenvalue weighted by molar-refractivity contribution is 0.238. The summed E-state index contributed by atoms with van der Waals surface area (Å²) in [7, 11) is 0. The SMILES string of the molecule is CC(C)Oc1c2cc(C(C)(C)C)cc1Cc1cc(C(C)(C)C)cc(c1O)Cc1cc(C(C)(C)C)cc(c1O)Cc1cc(C(C)(C)C)cc(c1O)C2.CC(C)c1c(F)c(F)c(F)c(F)c1F.CC(C)c1ccc2ccc3cccc4ccc1c2c34. The van der Waals surface area contributed by atoms with Crippen molar-refractivity contribution in [1.82, 2.24) is 0 Å². The van der Waals surface area contributed by atoms with Crippen molar-refractivity contribution >= 4 is 32.3 Å². The number of benzene rings is 9. The van der Waals surface area contributed by atoms with Gasteiger partial charge in [-0.3, -0.25) is 0 Å². The summed E-state index contributed by atoms with van der Waals surface area (Å²) in [6, 6.07) is 37.3. The molecule has 9 heteroatoms. The van der Waals surface area contributed by atoms with E-state index in [4.69, 9.17) is 4.74 Å². The van der Waals surface area contributed by atoms with E-state index in [0.717, 1.165) is 66.9 Å². The fourth-order valence-electron chi connectivity index (χ4n) is 11.4. The normalized spacial score (nSPS) is 13.2. The van der Waals surface area contributed by atoms with Crippen molar-refractivity contribution in [3.63, 3.8) is 0 Å². The van der Waals surface area contributed by atoms with E-state index < -0.39 is 40.6 Å². The van der Waals surface area contributed by atoms with Crippen molar-refractivity contribution in [3.8, 4) is 23.0 Å². The number of halogens is 5. The summed E-state index contributed by atoms with van der Waals surface area (Å²) in [5.41, 5.74) is 11.4.